The Kier molecular flexibility index (Phi) is 3.13. The van der Waals surface area contributed by atoms with Gasteiger partial charge < -0.3 is 0 Å². The minimum atomic E-state index is 0. The summed E-state index contributed by atoms with van der Waals surface area (Å²) in [4.78, 5) is 0. The molecule has 0 heterocycles. The second-order valence-electron chi connectivity index (χ2n) is 3.12. The number of hydrogen-bond donors (Lipinski definition) is 0. The van der Waals surface area contributed by atoms with Crippen LogP contribution in [0.25, 0.3) is 0 Å². The molecule has 0 fully saturated rings. The van der Waals surface area contributed by atoms with Gasteiger partial charge in [-0.3, -0.25) is 0 Å². The van der Waals surface area contributed by atoms with Crippen molar-refractivity contribution in [3.8, 4) is 0 Å². The maximum atomic E-state index is 2.24. The molecule has 0 radical (unpaired) electrons. The molecule has 0 saturated carbocycles. The van der Waals surface area contributed by atoms with Gasteiger partial charge in [0.05, 0.1) is 0 Å². The molecule has 0 aliphatic heterocycles. The summed E-state index contributed by atoms with van der Waals surface area (Å²) < 4.78 is 0. The van der Waals surface area contributed by atoms with Gasteiger partial charge in [-0.25, -0.2) is 0 Å². The molecule has 1 heteroatoms. The monoisotopic (exact) mass is 200 g/mol. The Morgan fingerprint density at radius 3 is 2.50 bits per heavy atom. The third-order valence-electron chi connectivity index (χ3n) is 2.29. The van der Waals surface area contributed by atoms with E-state index in [-0.39, 0.29) is 17.1 Å². The third kappa shape index (κ3) is 1.63. The van der Waals surface area contributed by atoms with E-state index in [1.807, 2.05) is 0 Å². The van der Waals surface area contributed by atoms with Crippen LogP contribution < -0.4 is 0 Å². The molecule has 2 aliphatic carbocycles. The van der Waals surface area contributed by atoms with E-state index in [9.17, 15) is 0 Å². The standard InChI is InChI=1S/C11H12.Fe/c1-9-5-4-8-11(9)10-6-2-3-7-10;/h2-4,6,8H,5,7H2,1H3;. The molecule has 64 valence electrons. The summed E-state index contributed by atoms with van der Waals surface area (Å²) in [5.41, 5.74) is 4.46. The van der Waals surface area contributed by atoms with Crippen LogP contribution in [-0.4, -0.2) is 0 Å². The van der Waals surface area contributed by atoms with Crippen molar-refractivity contribution in [3.63, 3.8) is 0 Å². The first-order valence-corrected chi connectivity index (χ1v) is 4.10. The summed E-state index contributed by atoms with van der Waals surface area (Å²) in [6.07, 6.45) is 13.3. The molecule has 0 amide bonds. The van der Waals surface area contributed by atoms with Crippen LogP contribution in [0.3, 0.4) is 0 Å². The molecule has 0 atom stereocenters. The summed E-state index contributed by atoms with van der Waals surface area (Å²) in [6, 6.07) is 0. The molecule has 12 heavy (non-hydrogen) atoms. The fourth-order valence-corrected chi connectivity index (χ4v) is 1.63. The zero-order valence-electron chi connectivity index (χ0n) is 7.15. The first-order chi connectivity index (χ1) is 5.38. The van der Waals surface area contributed by atoms with Crippen LogP contribution in [0.5, 0.6) is 0 Å². The van der Waals surface area contributed by atoms with Crippen molar-refractivity contribution >= 4 is 0 Å². The van der Waals surface area contributed by atoms with Gasteiger partial charge in [0.1, 0.15) is 0 Å². The van der Waals surface area contributed by atoms with E-state index < -0.39 is 0 Å². The van der Waals surface area contributed by atoms with E-state index in [1.54, 1.807) is 0 Å². The van der Waals surface area contributed by atoms with Gasteiger partial charge in [-0.15, -0.1) is 0 Å². The summed E-state index contributed by atoms with van der Waals surface area (Å²) in [7, 11) is 0. The van der Waals surface area contributed by atoms with Crippen molar-refractivity contribution in [1.29, 1.82) is 0 Å². The van der Waals surface area contributed by atoms with Gasteiger partial charge in [0, 0.05) is 17.1 Å². The van der Waals surface area contributed by atoms with Crippen LogP contribution in [0.15, 0.2) is 47.1 Å². The molecular weight excluding hydrogens is 188 g/mol. The van der Waals surface area contributed by atoms with E-state index >= 15 is 0 Å². The van der Waals surface area contributed by atoms with E-state index in [0.29, 0.717) is 0 Å². The van der Waals surface area contributed by atoms with Gasteiger partial charge in [0.2, 0.25) is 0 Å². The van der Waals surface area contributed by atoms with E-state index in [0.717, 1.165) is 12.8 Å². The minimum Gasteiger partial charge on any atom is -0.0801 e. The normalized spacial score (nSPS) is 19.9. The Morgan fingerprint density at radius 1 is 1.17 bits per heavy atom. The quantitative estimate of drug-likeness (QED) is 0.570. The second-order valence-corrected chi connectivity index (χ2v) is 3.12. The van der Waals surface area contributed by atoms with E-state index in [4.69, 9.17) is 0 Å². The minimum absolute atomic E-state index is 0. The first kappa shape index (κ1) is 9.57. The van der Waals surface area contributed by atoms with Crippen molar-refractivity contribution in [3.05, 3.63) is 47.1 Å². The molecule has 0 aromatic carbocycles. The molecule has 0 saturated heterocycles. The average Bonchev–Trinajstić information content (AvgIpc) is 2.55. The molecular formula is C11H12Fe. The second kappa shape index (κ2) is 3.93. The molecule has 0 N–H and O–H groups in total. The predicted octanol–water partition coefficient (Wildman–Crippen LogP) is 3.15. The van der Waals surface area contributed by atoms with Crippen LogP contribution in [-0.2, 0) is 17.1 Å². The molecule has 0 aromatic rings. The number of hydrogen-bond acceptors (Lipinski definition) is 0. The Bertz CT molecular complexity index is 290. The van der Waals surface area contributed by atoms with Crippen molar-refractivity contribution in [1.82, 2.24) is 0 Å². The topological polar surface area (TPSA) is 0 Å². The van der Waals surface area contributed by atoms with Crippen LogP contribution in [0.4, 0.5) is 0 Å². The molecule has 2 aliphatic rings. The van der Waals surface area contributed by atoms with Crippen LogP contribution in [0.1, 0.15) is 19.8 Å². The smallest absolute Gasteiger partial charge is 0 e. The Morgan fingerprint density at radius 2 is 2.00 bits per heavy atom. The van der Waals surface area contributed by atoms with Gasteiger partial charge in [0.25, 0.3) is 0 Å². The maximum Gasteiger partial charge on any atom is 0 e. The molecule has 0 aromatic heterocycles. The molecule has 0 nitrogen and oxygen atoms in total. The summed E-state index contributed by atoms with van der Waals surface area (Å²) >= 11 is 0. The SMILES string of the molecule is CC1=C(C2=CC=CC2)C=CC1.[Fe]. The summed E-state index contributed by atoms with van der Waals surface area (Å²) in [5, 5.41) is 0. The van der Waals surface area contributed by atoms with Gasteiger partial charge in [0.15, 0.2) is 0 Å². The van der Waals surface area contributed by atoms with Crippen molar-refractivity contribution in [2.24, 2.45) is 0 Å². The fourth-order valence-electron chi connectivity index (χ4n) is 1.63. The third-order valence-corrected chi connectivity index (χ3v) is 2.29. The van der Waals surface area contributed by atoms with Gasteiger partial charge in [-0.05, 0) is 30.9 Å². The Balaban J connectivity index is 0.000000720. The number of rotatable bonds is 1. The van der Waals surface area contributed by atoms with Gasteiger partial charge in [-0.2, -0.15) is 0 Å². The van der Waals surface area contributed by atoms with E-state index in [2.05, 4.69) is 37.3 Å². The molecule has 0 unspecified atom stereocenters. The van der Waals surface area contributed by atoms with Crippen molar-refractivity contribution in [2.45, 2.75) is 19.8 Å². The first-order valence-electron chi connectivity index (χ1n) is 4.10. The van der Waals surface area contributed by atoms with Crippen LogP contribution in [0, 0.1) is 0 Å². The maximum absolute atomic E-state index is 2.24. The fraction of sp³-hybridized carbons (Fsp3) is 0.273. The molecule has 0 bridgehead atoms. The zero-order valence-corrected chi connectivity index (χ0v) is 8.26. The molecule has 0 spiro atoms. The zero-order chi connectivity index (χ0) is 7.68. The van der Waals surface area contributed by atoms with E-state index in [1.165, 1.54) is 16.7 Å². The molecule has 2 rings (SSSR count). The Hall–Kier alpha value is -0.521. The average molecular weight is 200 g/mol. The predicted molar refractivity (Wildman–Crippen MR) is 48.3 cm³/mol. The van der Waals surface area contributed by atoms with Crippen LogP contribution in [0.2, 0.25) is 0 Å². The van der Waals surface area contributed by atoms with Crippen LogP contribution >= 0.6 is 0 Å². The summed E-state index contributed by atoms with van der Waals surface area (Å²) in [6.45, 7) is 2.22. The van der Waals surface area contributed by atoms with Crippen molar-refractivity contribution in [2.75, 3.05) is 0 Å². The van der Waals surface area contributed by atoms with Crippen molar-refractivity contribution < 1.29 is 17.1 Å². The summed E-state index contributed by atoms with van der Waals surface area (Å²) in [5.74, 6) is 0. The number of allylic oxidation sites excluding steroid dienone is 8. The van der Waals surface area contributed by atoms with Gasteiger partial charge in [-0.1, -0.05) is 36.0 Å². The van der Waals surface area contributed by atoms with Gasteiger partial charge >= 0.3 is 0 Å². The Labute approximate surface area is 84.2 Å². The largest absolute Gasteiger partial charge is 0.0801 e.